The quantitative estimate of drug-likeness (QED) is 0.361. The SMILES string of the molecule is CCC(CCNC(=NC)NCc1ccc(C)c(F)c1)N1CCCC1=O.I. The van der Waals surface area contributed by atoms with Crippen LogP contribution in [0, 0.1) is 12.7 Å². The molecule has 1 amide bonds. The molecule has 1 atom stereocenters. The molecule has 2 N–H and O–H groups in total. The minimum Gasteiger partial charge on any atom is -0.356 e. The molecule has 0 spiro atoms. The van der Waals surface area contributed by atoms with E-state index in [0.717, 1.165) is 37.9 Å². The van der Waals surface area contributed by atoms with Gasteiger partial charge < -0.3 is 15.5 Å². The number of aliphatic imine (C=N–C) groups is 1. The van der Waals surface area contributed by atoms with Gasteiger partial charge in [-0.2, -0.15) is 0 Å². The molecule has 1 aliphatic rings. The van der Waals surface area contributed by atoms with E-state index >= 15 is 0 Å². The van der Waals surface area contributed by atoms with Crippen LogP contribution in [0.3, 0.4) is 0 Å². The minimum absolute atomic E-state index is 0. The van der Waals surface area contributed by atoms with Gasteiger partial charge in [-0.25, -0.2) is 4.39 Å². The molecule has 146 valence electrons. The van der Waals surface area contributed by atoms with E-state index in [-0.39, 0.29) is 41.7 Å². The lowest BCUT2D eigenvalue weighted by molar-refractivity contribution is -0.129. The summed E-state index contributed by atoms with van der Waals surface area (Å²) in [6, 6.07) is 5.51. The molecular formula is C19H30FIN4O. The van der Waals surface area contributed by atoms with Crippen LogP contribution >= 0.6 is 24.0 Å². The van der Waals surface area contributed by atoms with Crippen molar-refractivity contribution >= 4 is 35.8 Å². The predicted octanol–water partition coefficient (Wildman–Crippen LogP) is 3.21. The molecule has 0 saturated carbocycles. The summed E-state index contributed by atoms with van der Waals surface area (Å²) < 4.78 is 13.6. The summed E-state index contributed by atoms with van der Waals surface area (Å²) in [6.07, 6.45) is 3.50. The van der Waals surface area contributed by atoms with E-state index in [1.165, 1.54) is 0 Å². The molecule has 0 aliphatic carbocycles. The van der Waals surface area contributed by atoms with E-state index in [4.69, 9.17) is 0 Å². The number of carbonyl (C=O) groups excluding carboxylic acids is 1. The Labute approximate surface area is 172 Å². The maximum Gasteiger partial charge on any atom is 0.222 e. The van der Waals surface area contributed by atoms with Crippen LogP contribution < -0.4 is 10.6 Å². The van der Waals surface area contributed by atoms with Crippen molar-refractivity contribution in [1.29, 1.82) is 0 Å². The van der Waals surface area contributed by atoms with E-state index in [0.29, 0.717) is 24.5 Å². The van der Waals surface area contributed by atoms with Gasteiger partial charge in [-0.3, -0.25) is 9.79 Å². The Kier molecular flexibility index (Phi) is 9.90. The molecule has 0 aromatic heterocycles. The number of halogens is 2. The molecular weight excluding hydrogens is 446 g/mol. The third-order valence-electron chi connectivity index (χ3n) is 4.71. The van der Waals surface area contributed by atoms with Crippen molar-refractivity contribution in [2.24, 2.45) is 4.99 Å². The molecule has 1 aromatic carbocycles. The van der Waals surface area contributed by atoms with Crippen LogP contribution in [-0.4, -0.2) is 42.9 Å². The van der Waals surface area contributed by atoms with Gasteiger partial charge in [0.2, 0.25) is 5.91 Å². The summed E-state index contributed by atoms with van der Waals surface area (Å²) in [7, 11) is 1.71. The predicted molar refractivity (Wildman–Crippen MR) is 114 cm³/mol. The summed E-state index contributed by atoms with van der Waals surface area (Å²) in [5.41, 5.74) is 1.52. The Morgan fingerprint density at radius 2 is 2.15 bits per heavy atom. The Hall–Kier alpha value is -1.38. The van der Waals surface area contributed by atoms with Crippen molar-refractivity contribution in [3.63, 3.8) is 0 Å². The molecule has 1 aliphatic heterocycles. The standard InChI is InChI=1S/C19H29FN4O.HI/c1-4-16(24-11-5-6-18(24)25)9-10-22-19(21-3)23-13-15-8-7-14(2)17(20)12-15;/h7-8,12,16H,4-6,9-11,13H2,1-3H3,(H2,21,22,23);1H. The lowest BCUT2D eigenvalue weighted by Gasteiger charge is -2.27. The molecule has 1 saturated heterocycles. The summed E-state index contributed by atoms with van der Waals surface area (Å²) in [6.45, 7) is 6.00. The number of guanidine groups is 1. The Morgan fingerprint density at radius 3 is 2.73 bits per heavy atom. The third-order valence-corrected chi connectivity index (χ3v) is 4.71. The smallest absolute Gasteiger partial charge is 0.222 e. The fourth-order valence-corrected chi connectivity index (χ4v) is 3.15. The molecule has 1 unspecified atom stereocenters. The van der Waals surface area contributed by atoms with Crippen molar-refractivity contribution < 1.29 is 9.18 Å². The number of nitrogens with zero attached hydrogens (tertiary/aromatic N) is 2. The van der Waals surface area contributed by atoms with Crippen molar-refractivity contribution in [3.05, 3.63) is 35.1 Å². The molecule has 1 heterocycles. The second-order valence-electron chi connectivity index (χ2n) is 6.48. The lowest BCUT2D eigenvalue weighted by atomic mass is 10.1. The van der Waals surface area contributed by atoms with E-state index in [9.17, 15) is 9.18 Å². The first kappa shape index (κ1) is 22.7. The third kappa shape index (κ3) is 6.41. The van der Waals surface area contributed by atoms with Crippen molar-refractivity contribution in [2.75, 3.05) is 20.1 Å². The average molecular weight is 476 g/mol. The fraction of sp³-hybridized carbons (Fsp3) is 0.579. The van der Waals surface area contributed by atoms with Gasteiger partial charge in [0.1, 0.15) is 5.82 Å². The second-order valence-corrected chi connectivity index (χ2v) is 6.48. The topological polar surface area (TPSA) is 56.7 Å². The maximum absolute atomic E-state index is 13.6. The molecule has 1 fully saturated rings. The van der Waals surface area contributed by atoms with Crippen molar-refractivity contribution in [1.82, 2.24) is 15.5 Å². The van der Waals surface area contributed by atoms with Gasteiger partial charge in [-0.05, 0) is 43.4 Å². The number of hydrogen-bond acceptors (Lipinski definition) is 2. The van der Waals surface area contributed by atoms with Crippen LogP contribution in [-0.2, 0) is 11.3 Å². The van der Waals surface area contributed by atoms with Gasteiger partial charge >= 0.3 is 0 Å². The number of likely N-dealkylation sites (tertiary alicyclic amines) is 1. The lowest BCUT2D eigenvalue weighted by Crippen LogP contribution is -2.41. The largest absolute Gasteiger partial charge is 0.356 e. The first-order chi connectivity index (χ1) is 12.0. The zero-order valence-corrected chi connectivity index (χ0v) is 18.2. The van der Waals surface area contributed by atoms with Crippen LogP contribution in [0.5, 0.6) is 0 Å². The van der Waals surface area contributed by atoms with E-state index in [1.54, 1.807) is 26.1 Å². The molecule has 1 aromatic rings. The zero-order valence-electron chi connectivity index (χ0n) is 15.8. The van der Waals surface area contributed by atoms with E-state index < -0.39 is 0 Å². The fourth-order valence-electron chi connectivity index (χ4n) is 3.15. The number of nitrogens with one attached hydrogen (secondary N) is 2. The average Bonchev–Trinajstić information content (AvgIpc) is 3.03. The van der Waals surface area contributed by atoms with E-state index in [2.05, 4.69) is 22.5 Å². The highest BCUT2D eigenvalue weighted by atomic mass is 127. The molecule has 7 heteroatoms. The van der Waals surface area contributed by atoms with Crippen LogP contribution in [0.15, 0.2) is 23.2 Å². The Balaban J connectivity index is 0.00000338. The highest BCUT2D eigenvalue weighted by molar-refractivity contribution is 14.0. The van der Waals surface area contributed by atoms with Crippen LogP contribution in [0.1, 0.15) is 43.7 Å². The summed E-state index contributed by atoms with van der Waals surface area (Å²) >= 11 is 0. The normalized spacial score (nSPS) is 15.6. The number of hydrogen-bond donors (Lipinski definition) is 2. The summed E-state index contributed by atoms with van der Waals surface area (Å²) in [5, 5.41) is 6.47. The second kappa shape index (κ2) is 11.4. The van der Waals surface area contributed by atoms with E-state index in [1.807, 2.05) is 11.0 Å². The molecule has 5 nitrogen and oxygen atoms in total. The van der Waals surface area contributed by atoms with Gasteiger partial charge in [0.05, 0.1) is 0 Å². The van der Waals surface area contributed by atoms with Gasteiger partial charge in [-0.15, -0.1) is 24.0 Å². The number of rotatable bonds is 7. The number of amides is 1. The number of carbonyl (C=O) groups is 1. The summed E-state index contributed by atoms with van der Waals surface area (Å²) in [5.74, 6) is 0.766. The van der Waals surface area contributed by atoms with Crippen LogP contribution in [0.4, 0.5) is 4.39 Å². The number of aryl methyl sites for hydroxylation is 1. The maximum atomic E-state index is 13.6. The van der Waals surface area contributed by atoms with Gasteiger partial charge in [0.15, 0.2) is 5.96 Å². The first-order valence-corrected chi connectivity index (χ1v) is 9.04. The Bertz CT molecular complexity index is 624. The van der Waals surface area contributed by atoms with Gasteiger partial charge in [0, 0.05) is 39.1 Å². The highest BCUT2D eigenvalue weighted by Crippen LogP contribution is 2.17. The molecule has 2 rings (SSSR count). The first-order valence-electron chi connectivity index (χ1n) is 9.04. The minimum atomic E-state index is -0.191. The van der Waals surface area contributed by atoms with Crippen LogP contribution in [0.25, 0.3) is 0 Å². The van der Waals surface area contributed by atoms with Gasteiger partial charge in [0.25, 0.3) is 0 Å². The molecule has 0 radical (unpaired) electrons. The van der Waals surface area contributed by atoms with Crippen molar-refractivity contribution in [3.8, 4) is 0 Å². The van der Waals surface area contributed by atoms with Crippen LogP contribution in [0.2, 0.25) is 0 Å². The highest BCUT2D eigenvalue weighted by Gasteiger charge is 2.26. The molecule has 0 bridgehead atoms. The monoisotopic (exact) mass is 476 g/mol. The van der Waals surface area contributed by atoms with Crippen molar-refractivity contribution in [2.45, 2.75) is 52.1 Å². The zero-order chi connectivity index (χ0) is 18.2. The Morgan fingerprint density at radius 1 is 1.38 bits per heavy atom. The summed E-state index contributed by atoms with van der Waals surface area (Å²) in [4.78, 5) is 18.1. The van der Waals surface area contributed by atoms with Gasteiger partial charge in [-0.1, -0.05) is 19.1 Å². The number of benzene rings is 1. The molecule has 26 heavy (non-hydrogen) atoms.